The number of allylic oxidation sites excluding steroid dienone is 4. The first-order chi connectivity index (χ1) is 66.8. The van der Waals surface area contributed by atoms with Crippen molar-refractivity contribution < 1.29 is 139 Å². The monoisotopic (exact) mass is 2070 g/mol. The van der Waals surface area contributed by atoms with Crippen molar-refractivity contribution in [3.05, 3.63) is 46.6 Å². The number of aliphatic hydroxyl groups excluding tert-OH is 8. The molecule has 0 aromatic heterocycles. The summed E-state index contributed by atoms with van der Waals surface area (Å²) in [6.45, 7) is 58.1. The summed E-state index contributed by atoms with van der Waals surface area (Å²) in [7, 11) is 0. The number of Topliss-reactive ketones (excluding diaryl/α,β-unsaturated/α-hetero) is 12. The molecule has 15 N–H and O–H groups in total. The molecule has 0 bridgehead atoms. The van der Waals surface area contributed by atoms with E-state index in [1.54, 1.807) is 41.5 Å². The number of rotatable bonds is 16. The van der Waals surface area contributed by atoms with E-state index in [1.165, 1.54) is 34.6 Å². The molecule has 0 amide bonds. The van der Waals surface area contributed by atoms with Crippen LogP contribution in [0.2, 0.25) is 0 Å². The molecule has 1 saturated heterocycles. The topological polar surface area (TPSA) is 518 Å². The number of fused-ring (bicyclic) bond motifs is 22. The minimum Gasteiger partial charge on any atom is -0.393 e. The summed E-state index contributed by atoms with van der Waals surface area (Å²) in [5, 5.41) is 163. The Morgan fingerprint density at radius 3 is 0.831 bits per heavy atom. The lowest BCUT2D eigenvalue weighted by atomic mass is 9.38. The van der Waals surface area contributed by atoms with Crippen LogP contribution in [-0.4, -0.2) is 246 Å². The Morgan fingerprint density at radius 2 is 0.588 bits per heavy atom. The molecule has 28 nitrogen and oxygen atoms in total. The molecule has 17 aliphatic rings. The third-order valence-corrected chi connectivity index (χ3v) is 47.0. The van der Waals surface area contributed by atoms with Gasteiger partial charge in [-0.1, -0.05) is 192 Å². The predicted molar refractivity (Wildman–Crippen MR) is 551 cm³/mol. The number of carbonyl (C=O) groups excluding carboxylic acids is 12. The molecule has 0 aromatic rings. The van der Waals surface area contributed by atoms with Gasteiger partial charge >= 0.3 is 0 Å². The van der Waals surface area contributed by atoms with Gasteiger partial charge in [0.2, 0.25) is 0 Å². The van der Waals surface area contributed by atoms with Crippen LogP contribution in [0.25, 0.3) is 0 Å². The highest BCUT2D eigenvalue weighted by atomic mass is 16.5. The maximum atomic E-state index is 14.3. The van der Waals surface area contributed by atoms with Crippen LogP contribution in [0.15, 0.2) is 46.6 Å². The molecule has 0 aromatic carbocycles. The van der Waals surface area contributed by atoms with Gasteiger partial charge in [0.25, 0.3) is 0 Å². The van der Waals surface area contributed by atoms with Crippen LogP contribution < -0.4 is 0 Å². The third kappa shape index (κ3) is 16.8. The van der Waals surface area contributed by atoms with Crippen LogP contribution in [0.3, 0.4) is 0 Å². The molecule has 28 heteroatoms. The molecule has 38 atom stereocenters. The lowest BCUT2D eigenvalue weighted by molar-refractivity contribution is -0.186. The summed E-state index contributed by atoms with van der Waals surface area (Å²) in [6, 6.07) is 0. The molecular weight excluding hydrogens is 1890 g/mol. The fraction of sp³-hybridized carbons (Fsp3) is 0.833. The van der Waals surface area contributed by atoms with Gasteiger partial charge < -0.3 is 81.3 Å². The van der Waals surface area contributed by atoms with E-state index >= 15 is 0 Å². The van der Waals surface area contributed by atoms with Gasteiger partial charge in [-0.05, 0) is 231 Å². The Labute approximate surface area is 876 Å². The zero-order chi connectivity index (χ0) is 112. The minimum atomic E-state index is -2.05. The highest BCUT2D eigenvalue weighted by Crippen LogP contribution is 2.81. The molecule has 1 heterocycles. The van der Waals surface area contributed by atoms with E-state index in [-0.39, 0.29) is 206 Å². The fourth-order valence-electron chi connectivity index (χ4n) is 37.2. The molecular formula is C120H182O28. The van der Waals surface area contributed by atoms with E-state index in [2.05, 4.69) is 58.9 Å². The first-order valence-corrected chi connectivity index (χ1v) is 55.1. The Hall–Kier alpha value is -5.64. The summed E-state index contributed by atoms with van der Waals surface area (Å²) in [5.74, 6) is -7.19. The predicted octanol–water partition coefficient (Wildman–Crippen LogP) is 12.5. The largest absolute Gasteiger partial charge is 0.393 e. The highest BCUT2D eigenvalue weighted by Gasteiger charge is 2.81. The van der Waals surface area contributed by atoms with Crippen molar-refractivity contribution in [2.24, 2.45) is 164 Å². The summed E-state index contributed by atoms with van der Waals surface area (Å²) >= 11 is 0. The van der Waals surface area contributed by atoms with E-state index < -0.39 is 217 Å². The van der Waals surface area contributed by atoms with Crippen molar-refractivity contribution in [3.63, 3.8) is 0 Å². The molecule has 0 radical (unpaired) electrons. The number of hydrogen-bond donors (Lipinski definition) is 15. The molecule has 1 unspecified atom stereocenters. The number of ether oxygens (including phenoxy) is 1. The molecule has 17 rings (SSSR count). The second-order valence-corrected chi connectivity index (χ2v) is 58.5. The van der Waals surface area contributed by atoms with E-state index in [1.807, 2.05) is 111 Å². The zero-order valence-corrected chi connectivity index (χ0v) is 94.7. The van der Waals surface area contributed by atoms with Gasteiger partial charge in [0.15, 0.2) is 40.5 Å². The fourth-order valence-corrected chi connectivity index (χ4v) is 37.2. The van der Waals surface area contributed by atoms with Crippen molar-refractivity contribution in [1.82, 2.24) is 0 Å². The second-order valence-electron chi connectivity index (χ2n) is 58.5. The molecule has 12 saturated carbocycles. The number of carbonyl (C=O) groups is 12. The molecule has 0 spiro atoms. The van der Waals surface area contributed by atoms with E-state index in [0.29, 0.717) is 44.9 Å². The van der Waals surface area contributed by atoms with Crippen molar-refractivity contribution in [2.45, 2.75) is 463 Å². The molecule has 16 aliphatic carbocycles. The quantitative estimate of drug-likeness (QED) is 0.0638. The van der Waals surface area contributed by atoms with Gasteiger partial charge in [-0.15, -0.1) is 0 Å². The van der Waals surface area contributed by atoms with Crippen LogP contribution in [-0.2, 0) is 62.3 Å². The van der Waals surface area contributed by atoms with Gasteiger partial charge in [-0.3, -0.25) is 57.5 Å². The smallest absolute Gasteiger partial charge is 0.167 e. The third-order valence-electron chi connectivity index (χ3n) is 47.0. The van der Waals surface area contributed by atoms with Gasteiger partial charge in [0.1, 0.15) is 70.1 Å². The number of ketones is 12. The summed E-state index contributed by atoms with van der Waals surface area (Å²) in [4.78, 5) is 162. The van der Waals surface area contributed by atoms with Crippen LogP contribution in [0.5, 0.6) is 0 Å². The van der Waals surface area contributed by atoms with Gasteiger partial charge in [-0.25, -0.2) is 0 Å². The van der Waals surface area contributed by atoms with Crippen molar-refractivity contribution in [3.8, 4) is 0 Å². The molecule has 148 heavy (non-hydrogen) atoms. The molecule has 1 aliphatic heterocycles. The van der Waals surface area contributed by atoms with Crippen molar-refractivity contribution in [1.29, 1.82) is 0 Å². The minimum absolute atomic E-state index is 0.00209. The first-order valence-electron chi connectivity index (χ1n) is 55.1. The Kier molecular flexibility index (Phi) is 29.0. The van der Waals surface area contributed by atoms with Crippen LogP contribution in [0.4, 0.5) is 0 Å². The normalized spacial score (nSPS) is 46.2. The van der Waals surface area contributed by atoms with Gasteiger partial charge in [0.05, 0.1) is 59.0 Å². The number of aliphatic hydroxyl groups is 15. The maximum absolute atomic E-state index is 14.3. The molecule has 13 fully saturated rings. The van der Waals surface area contributed by atoms with E-state index in [0.717, 1.165) is 28.7 Å². The number of hydrogen-bond acceptors (Lipinski definition) is 28. The summed E-state index contributed by atoms with van der Waals surface area (Å²) in [5.41, 5.74) is -18.2. The summed E-state index contributed by atoms with van der Waals surface area (Å²) in [6.07, 6.45) is 3.99. The molecule has 830 valence electrons. The van der Waals surface area contributed by atoms with E-state index in [4.69, 9.17) is 4.74 Å². The van der Waals surface area contributed by atoms with Gasteiger partial charge in [-0.2, -0.15) is 0 Å². The van der Waals surface area contributed by atoms with Crippen molar-refractivity contribution in [2.75, 3.05) is 0 Å². The Morgan fingerprint density at radius 1 is 0.345 bits per heavy atom. The first kappa shape index (κ1) is 118. The average Bonchev–Trinajstić information content (AvgIpc) is 1.24. The van der Waals surface area contributed by atoms with E-state index in [9.17, 15) is 134 Å². The lowest BCUT2D eigenvalue weighted by Crippen LogP contribution is -2.65. The van der Waals surface area contributed by atoms with Crippen LogP contribution >= 0.6 is 0 Å². The van der Waals surface area contributed by atoms with Crippen LogP contribution in [0.1, 0.15) is 363 Å². The van der Waals surface area contributed by atoms with Gasteiger partial charge in [0, 0.05) is 150 Å². The Balaban J connectivity index is 0.000000156. The highest BCUT2D eigenvalue weighted by molar-refractivity contribution is 5.98. The van der Waals surface area contributed by atoms with Crippen molar-refractivity contribution >= 4 is 69.4 Å². The SMILES string of the molecule is CC(C)(O)C(O)CC(=O)[C@](C)(O)[C@H]1[C@H](O)C[C@@]2(C)[C@@H]3CC=C4[C@@H](CC(=O)[C@@H](O)C4(C)C)[C@]3(C)C(=O)C[C@]12C.CC(C)(O)CCC(=O)[C@](C)(O)[C@H]1[C@H](O)C[C@@]2(C)[C@@H]3CC=C4[C@@H](CC(=O)[C@@H](O)C4(C)C)[C@]3(C)C(=O)C[C@]12C.CC(C)(O)CCC(=O)[C@](C)(O)[C@H]1[C@H](O)C[C@@]2(C)[C@@H]3CC=C4[C@@H](CC(=O)[C@H](O)C4(C)C)[C@]3(C)C(=O)C[C@]12C.C[C@H]1C(=O)C[C@@H](C(C)(C)O)O[C@H]2C[C@@]3(C)[C@@H]4CC=C5[C@@H](CC(=O)[C@@H](O)C5(C)C)[C@]4(C)C(=O)C[C@]3(C)[C@H]21. The Bertz CT molecular complexity index is 5400. The standard InChI is InChI=1S/C30H46O8.2C30H46O7.C30H44O6/c1-25(2)15-9-10-19-27(5)13-18(32)23(30(8,38)21(34)12-20(33)26(3,4)37)28(27,6)14-22(35)29(19,7)16(15)11-17(31)24(25)36;2*1-25(2,36)12-11-21(33)30(8,37)23-19(32)14-27(5)20-10-9-16-17(13-18(31)24(35)26(16,3)4)29(20,7)22(34)15-28(23,27)6;1-15-18(31)12-23(27(4,5)35)36-20-13-28(6)21-10-9-16-17(11-19(32)25(34)26(16,2)3)30(21,8)22(33)14-29(28,7)24(15)20/h9,16,18-20,23-24,32-33,36-38H,10-14H2,1-8H3;2*9,17,19-20,23-24,32,35-37H,10-15H2,1-8H3;9,15,17,20-21,23-25,34-35H,10-14H2,1-8H3/t16-,18-,19+,20?,23+,24-,27+,28-,29+,30+;17-,19-,20+,23+,24+,27+,28-,29+,30+;17-,19-,20+,23+,24-,27+,28-,29+,30+;15-,17+,20-,21-,23-,24-,25+,28-,29+,30-/m1110/s1. The average molecular weight is 2070 g/mol. The van der Waals surface area contributed by atoms with Crippen LogP contribution in [0, 0.1) is 164 Å². The maximum Gasteiger partial charge on any atom is 0.167 e. The second kappa shape index (κ2) is 36.5. The summed E-state index contributed by atoms with van der Waals surface area (Å²) < 4.78 is 6.60. The lowest BCUT2D eigenvalue weighted by Gasteiger charge is -2.64. The zero-order valence-electron chi connectivity index (χ0n) is 94.7.